The summed E-state index contributed by atoms with van der Waals surface area (Å²) in [5.41, 5.74) is 3.86. The number of hydrogen-bond acceptors (Lipinski definition) is 3. The number of rotatable bonds is 4. The molecule has 4 nitrogen and oxygen atoms in total. The van der Waals surface area contributed by atoms with Crippen LogP contribution in [-0.2, 0) is 10.2 Å². The van der Waals surface area contributed by atoms with E-state index in [0.29, 0.717) is 19.6 Å². The first kappa shape index (κ1) is 18.6. The summed E-state index contributed by atoms with van der Waals surface area (Å²) in [6, 6.07) is 14.6. The summed E-state index contributed by atoms with van der Waals surface area (Å²) in [6.07, 6.45) is 4.75. The smallest absolute Gasteiger partial charge is 0.223 e. The Morgan fingerprint density at radius 2 is 2.00 bits per heavy atom. The Labute approximate surface area is 167 Å². The van der Waals surface area contributed by atoms with Gasteiger partial charge in [0.1, 0.15) is 11.4 Å². The van der Waals surface area contributed by atoms with E-state index < -0.39 is 5.66 Å². The minimum atomic E-state index is -0.599. The van der Waals surface area contributed by atoms with E-state index in [0.717, 1.165) is 11.3 Å². The third-order valence-corrected chi connectivity index (χ3v) is 6.11. The van der Waals surface area contributed by atoms with E-state index in [1.165, 1.54) is 16.8 Å². The molecule has 1 atom stereocenters. The zero-order valence-corrected chi connectivity index (χ0v) is 17.1. The van der Waals surface area contributed by atoms with Crippen LogP contribution in [0.1, 0.15) is 43.9 Å². The van der Waals surface area contributed by atoms with Gasteiger partial charge in [-0.1, -0.05) is 55.8 Å². The predicted molar refractivity (Wildman–Crippen MR) is 114 cm³/mol. The molecule has 2 aromatic carbocycles. The fourth-order valence-corrected chi connectivity index (χ4v) is 4.58. The highest BCUT2D eigenvalue weighted by Crippen LogP contribution is 2.52. The van der Waals surface area contributed by atoms with Crippen molar-refractivity contribution in [1.29, 1.82) is 0 Å². The Morgan fingerprint density at radius 3 is 2.79 bits per heavy atom. The molecule has 146 valence electrons. The fraction of sp³-hybridized carbons (Fsp3) is 0.375. The Hall–Kier alpha value is -2.75. The number of ether oxygens (including phenoxy) is 1. The molecule has 1 amide bonds. The number of para-hydroxylation sites is 1. The molecule has 4 heteroatoms. The summed E-state index contributed by atoms with van der Waals surface area (Å²) in [5, 5.41) is 3.33. The molecule has 0 aromatic heterocycles. The topological polar surface area (TPSA) is 41.6 Å². The number of hydrogen-bond donors (Lipinski definition) is 1. The molecule has 2 aliphatic rings. The first-order valence-electron chi connectivity index (χ1n) is 10.00. The second-order valence-electron chi connectivity index (χ2n) is 8.17. The molecule has 28 heavy (non-hydrogen) atoms. The summed E-state index contributed by atoms with van der Waals surface area (Å²) < 4.78 is 5.78. The predicted octanol–water partition coefficient (Wildman–Crippen LogP) is 4.42. The van der Waals surface area contributed by atoms with Gasteiger partial charge in [-0.25, -0.2) is 0 Å². The van der Waals surface area contributed by atoms with Gasteiger partial charge in [-0.2, -0.15) is 0 Å². The number of carbonyl (C=O) groups is 1. The normalized spacial score (nSPS) is 22.7. The molecule has 0 spiro atoms. The molecule has 0 bridgehead atoms. The lowest BCUT2D eigenvalue weighted by Gasteiger charge is -2.49. The van der Waals surface area contributed by atoms with Crippen molar-refractivity contribution >= 4 is 17.7 Å². The van der Waals surface area contributed by atoms with Crippen LogP contribution in [0.15, 0.2) is 48.5 Å². The molecule has 0 aliphatic carbocycles. The van der Waals surface area contributed by atoms with Gasteiger partial charge in [-0.3, -0.25) is 4.79 Å². The lowest BCUT2D eigenvalue weighted by molar-refractivity contribution is -0.124. The largest absolute Gasteiger partial charge is 0.493 e. The van der Waals surface area contributed by atoms with Crippen LogP contribution >= 0.6 is 0 Å². The van der Waals surface area contributed by atoms with Gasteiger partial charge < -0.3 is 15.0 Å². The second-order valence-corrected chi connectivity index (χ2v) is 8.17. The molecule has 0 saturated carbocycles. The van der Waals surface area contributed by atoms with Crippen LogP contribution < -0.4 is 15.0 Å². The third-order valence-electron chi connectivity index (χ3n) is 6.11. The van der Waals surface area contributed by atoms with Crippen LogP contribution in [0, 0.1) is 6.92 Å². The van der Waals surface area contributed by atoms with Gasteiger partial charge in [0.15, 0.2) is 0 Å². The van der Waals surface area contributed by atoms with Gasteiger partial charge in [0.2, 0.25) is 5.91 Å². The quantitative estimate of drug-likeness (QED) is 0.859. The van der Waals surface area contributed by atoms with Crippen LogP contribution in [0.25, 0.3) is 6.08 Å². The monoisotopic (exact) mass is 376 g/mol. The molecule has 1 fully saturated rings. The number of benzene rings is 2. The Bertz CT molecular complexity index is 947. The average molecular weight is 377 g/mol. The highest BCUT2D eigenvalue weighted by atomic mass is 16.5. The highest BCUT2D eigenvalue weighted by molar-refractivity contribution is 5.85. The Kier molecular flexibility index (Phi) is 4.45. The standard InChI is InChI=1S/C24H28N2O2/c1-5-28-21-9-7-6-8-18(21)12-14-24-23(3,4)19-16-17(2)10-11-20(19)26(24)15-13-22(27)25-24/h6-12,14,16H,5,13,15H2,1-4H3,(H,25,27)/b14-12+. The average Bonchev–Trinajstić information content (AvgIpc) is 2.85. The van der Waals surface area contributed by atoms with E-state index in [1.807, 2.05) is 31.2 Å². The molecular formula is C24H28N2O2. The SMILES string of the molecule is CCOc1ccccc1/C=C/C12NC(=O)CCN1c1ccc(C)cc1C2(C)C. The first-order valence-corrected chi connectivity index (χ1v) is 10.00. The number of anilines is 1. The van der Waals surface area contributed by atoms with Crippen molar-refractivity contribution in [1.82, 2.24) is 5.32 Å². The fourth-order valence-electron chi connectivity index (χ4n) is 4.58. The molecule has 1 saturated heterocycles. The van der Waals surface area contributed by atoms with Gasteiger partial charge in [0, 0.05) is 29.6 Å². The number of aryl methyl sites for hydroxylation is 1. The van der Waals surface area contributed by atoms with Crippen molar-refractivity contribution in [3.05, 3.63) is 65.2 Å². The van der Waals surface area contributed by atoms with E-state index >= 15 is 0 Å². The van der Waals surface area contributed by atoms with E-state index in [4.69, 9.17) is 4.74 Å². The molecule has 2 aromatic rings. The minimum Gasteiger partial charge on any atom is -0.493 e. The van der Waals surface area contributed by atoms with Crippen molar-refractivity contribution in [2.24, 2.45) is 0 Å². The number of nitrogens with one attached hydrogen (secondary N) is 1. The van der Waals surface area contributed by atoms with E-state index in [-0.39, 0.29) is 11.3 Å². The van der Waals surface area contributed by atoms with Gasteiger partial charge in [-0.05, 0) is 37.6 Å². The van der Waals surface area contributed by atoms with Crippen molar-refractivity contribution < 1.29 is 9.53 Å². The summed E-state index contributed by atoms with van der Waals surface area (Å²) in [6.45, 7) is 9.87. The van der Waals surface area contributed by atoms with E-state index in [9.17, 15) is 4.79 Å². The van der Waals surface area contributed by atoms with Crippen LogP contribution in [0.5, 0.6) is 5.75 Å². The number of nitrogens with zero attached hydrogens (tertiary/aromatic N) is 1. The number of fused-ring (bicyclic) bond motifs is 3. The number of carbonyl (C=O) groups excluding carboxylic acids is 1. The molecule has 1 unspecified atom stereocenters. The van der Waals surface area contributed by atoms with Crippen LogP contribution in [0.3, 0.4) is 0 Å². The van der Waals surface area contributed by atoms with E-state index in [1.54, 1.807) is 0 Å². The Balaban J connectivity index is 1.84. The second kappa shape index (κ2) is 6.69. The molecule has 1 N–H and O–H groups in total. The first-order chi connectivity index (χ1) is 13.4. The lowest BCUT2D eigenvalue weighted by Crippen LogP contribution is -2.68. The molecule has 0 radical (unpaired) electrons. The molecule has 2 aliphatic heterocycles. The summed E-state index contributed by atoms with van der Waals surface area (Å²) in [7, 11) is 0. The number of amides is 1. The van der Waals surface area contributed by atoms with Crippen molar-refractivity contribution in [3.8, 4) is 5.75 Å². The van der Waals surface area contributed by atoms with Crippen LogP contribution in [0.2, 0.25) is 0 Å². The lowest BCUT2D eigenvalue weighted by atomic mass is 9.74. The molecule has 4 rings (SSSR count). The van der Waals surface area contributed by atoms with Crippen molar-refractivity contribution in [3.63, 3.8) is 0 Å². The van der Waals surface area contributed by atoms with Gasteiger partial charge >= 0.3 is 0 Å². The zero-order valence-electron chi connectivity index (χ0n) is 17.1. The summed E-state index contributed by atoms with van der Waals surface area (Å²) in [5.74, 6) is 0.951. The molecule has 2 heterocycles. The van der Waals surface area contributed by atoms with Crippen LogP contribution in [0.4, 0.5) is 5.69 Å². The Morgan fingerprint density at radius 1 is 1.21 bits per heavy atom. The summed E-state index contributed by atoms with van der Waals surface area (Å²) >= 11 is 0. The van der Waals surface area contributed by atoms with Gasteiger partial charge in [0.05, 0.1) is 6.61 Å². The minimum absolute atomic E-state index is 0.0941. The van der Waals surface area contributed by atoms with E-state index in [2.05, 4.69) is 61.3 Å². The maximum absolute atomic E-state index is 12.5. The van der Waals surface area contributed by atoms with Gasteiger partial charge in [0.25, 0.3) is 0 Å². The van der Waals surface area contributed by atoms with Crippen LogP contribution in [-0.4, -0.2) is 24.7 Å². The van der Waals surface area contributed by atoms with Gasteiger partial charge in [-0.15, -0.1) is 0 Å². The maximum atomic E-state index is 12.5. The summed E-state index contributed by atoms with van der Waals surface area (Å²) in [4.78, 5) is 14.9. The third kappa shape index (κ3) is 2.70. The molecular weight excluding hydrogens is 348 g/mol. The zero-order chi connectivity index (χ0) is 19.9. The van der Waals surface area contributed by atoms with Crippen molar-refractivity contribution in [2.75, 3.05) is 18.1 Å². The highest BCUT2D eigenvalue weighted by Gasteiger charge is 2.57. The van der Waals surface area contributed by atoms with Crippen molar-refractivity contribution in [2.45, 2.75) is 45.2 Å². The maximum Gasteiger partial charge on any atom is 0.223 e.